The van der Waals surface area contributed by atoms with Crippen LogP contribution in [0.1, 0.15) is 0 Å². The number of nitrogens with zero attached hydrogens (tertiary/aromatic N) is 1. The van der Waals surface area contributed by atoms with E-state index in [-0.39, 0.29) is 0 Å². The van der Waals surface area contributed by atoms with Gasteiger partial charge in [0.15, 0.2) is 0 Å². The van der Waals surface area contributed by atoms with Gasteiger partial charge < -0.3 is 36.8 Å². The Labute approximate surface area is 462 Å². The van der Waals surface area contributed by atoms with Gasteiger partial charge in [0.1, 0.15) is 0 Å². The molecule has 0 heterocycles. The van der Waals surface area contributed by atoms with Crippen LogP contribution in [0.3, 0.4) is 0 Å². The van der Waals surface area contributed by atoms with Gasteiger partial charge in [-0.2, -0.15) is 0 Å². The molecule has 0 unspecified atom stereocenters. The van der Waals surface area contributed by atoms with Gasteiger partial charge in [0.2, 0.25) is 0 Å². The van der Waals surface area contributed by atoms with Gasteiger partial charge in [0, 0.05) is 85.3 Å². The SMILES string of the molecule is c1ccc(Nc2ccc(-c3ccc(Nc4ccc(N(c5ccc(Nc6ccc(-c7ccc(Nc8ccccc8)cc7)cc6)cc5)c5ccc(Nc6ccc(-c7ccc(Nc8ccccc8)cc7)cc6)cc5)cc4)cc3)cc2)cc1. The maximum absolute atomic E-state index is 3.62. The molecule has 0 radical (unpaired) electrons. The van der Waals surface area contributed by atoms with Crippen LogP contribution in [-0.2, 0) is 0 Å². The standard InChI is InChI=1S/C72H57N7/c1-4-10-58(11-5-1)73-61-28-16-52(17-29-61)55-22-34-64(35-23-55)76-67-40-46-70(47-41-67)79(71-48-42-68(43-49-71)77-65-36-24-56(25-37-65)53-18-30-62(31-19-53)74-59-12-6-2-7-13-59)72-50-44-69(45-51-72)78-66-38-26-57(27-39-66)54-20-32-63(33-21-54)75-60-14-8-3-9-15-60/h1-51,73-78H. The van der Waals surface area contributed by atoms with Crippen LogP contribution >= 0.6 is 0 Å². The van der Waals surface area contributed by atoms with E-state index in [0.29, 0.717) is 0 Å². The third-order valence-electron chi connectivity index (χ3n) is 13.7. The lowest BCUT2D eigenvalue weighted by Gasteiger charge is -2.26. The maximum Gasteiger partial charge on any atom is 0.0463 e. The van der Waals surface area contributed by atoms with E-state index in [1.807, 2.05) is 54.6 Å². The molecule has 0 atom stereocenters. The van der Waals surface area contributed by atoms with E-state index in [4.69, 9.17) is 0 Å². The first kappa shape index (κ1) is 49.1. The lowest BCUT2D eigenvalue weighted by molar-refractivity contribution is 1.28. The Hall–Kier alpha value is -10.8. The van der Waals surface area contributed by atoms with Gasteiger partial charge in [0.05, 0.1) is 0 Å². The molecular weight excluding hydrogens is 963 g/mol. The average Bonchev–Trinajstić information content (AvgIpc) is 3.51. The van der Waals surface area contributed by atoms with Crippen LogP contribution in [0, 0.1) is 0 Å². The van der Waals surface area contributed by atoms with Crippen molar-refractivity contribution in [3.8, 4) is 33.4 Å². The fourth-order valence-electron chi connectivity index (χ4n) is 9.57. The Morgan fingerprint density at radius 3 is 0.443 bits per heavy atom. The second kappa shape index (κ2) is 23.4. The Kier molecular flexibility index (Phi) is 14.6. The number of benzene rings is 12. The molecule has 0 spiro atoms. The van der Waals surface area contributed by atoms with Crippen LogP contribution in [0.25, 0.3) is 33.4 Å². The third-order valence-corrected chi connectivity index (χ3v) is 13.7. The van der Waals surface area contributed by atoms with Gasteiger partial charge in [-0.3, -0.25) is 0 Å². The molecule has 0 fully saturated rings. The van der Waals surface area contributed by atoms with Crippen LogP contribution in [0.15, 0.2) is 309 Å². The highest BCUT2D eigenvalue weighted by Crippen LogP contribution is 2.38. The van der Waals surface area contributed by atoms with Crippen LogP contribution in [0.4, 0.5) is 85.3 Å². The normalized spacial score (nSPS) is 10.8. The molecule has 79 heavy (non-hydrogen) atoms. The van der Waals surface area contributed by atoms with E-state index in [1.54, 1.807) is 0 Å². The molecular formula is C72H57N7. The first-order valence-corrected chi connectivity index (χ1v) is 26.5. The number of hydrogen-bond donors (Lipinski definition) is 6. The number of para-hydroxylation sites is 3. The Morgan fingerprint density at radius 2 is 0.278 bits per heavy atom. The number of anilines is 15. The van der Waals surface area contributed by atoms with E-state index in [1.165, 1.54) is 0 Å². The molecule has 12 rings (SSSR count). The van der Waals surface area contributed by atoms with Crippen molar-refractivity contribution in [1.82, 2.24) is 0 Å². The van der Waals surface area contributed by atoms with Gasteiger partial charge in [-0.25, -0.2) is 0 Å². The van der Waals surface area contributed by atoms with Crippen molar-refractivity contribution in [2.24, 2.45) is 0 Å². The van der Waals surface area contributed by atoms with E-state index in [0.717, 1.165) is 119 Å². The van der Waals surface area contributed by atoms with Gasteiger partial charge in [-0.15, -0.1) is 0 Å². The fraction of sp³-hybridized carbons (Fsp3) is 0. The summed E-state index contributed by atoms with van der Waals surface area (Å²) >= 11 is 0. The van der Waals surface area contributed by atoms with Crippen molar-refractivity contribution in [3.05, 3.63) is 309 Å². The highest BCUT2D eigenvalue weighted by Gasteiger charge is 2.14. The topological polar surface area (TPSA) is 75.4 Å². The molecule has 0 bridgehead atoms. The molecule has 12 aromatic rings. The molecule has 0 aliphatic rings. The smallest absolute Gasteiger partial charge is 0.0463 e. The second-order valence-corrected chi connectivity index (χ2v) is 19.3. The van der Waals surface area contributed by atoms with E-state index in [9.17, 15) is 0 Å². The number of hydrogen-bond acceptors (Lipinski definition) is 7. The molecule has 7 nitrogen and oxygen atoms in total. The first-order valence-electron chi connectivity index (χ1n) is 26.5. The minimum Gasteiger partial charge on any atom is -0.356 e. The predicted octanol–water partition coefficient (Wildman–Crippen LogP) is 20.6. The van der Waals surface area contributed by atoms with Gasteiger partial charge in [-0.05, 0) is 215 Å². The minimum absolute atomic E-state index is 0.998. The predicted molar refractivity (Wildman–Crippen MR) is 336 cm³/mol. The molecule has 0 saturated carbocycles. The molecule has 0 amide bonds. The summed E-state index contributed by atoms with van der Waals surface area (Å²) in [5.41, 5.74) is 22.5. The van der Waals surface area contributed by atoms with E-state index >= 15 is 0 Å². The monoisotopic (exact) mass is 1020 g/mol. The van der Waals surface area contributed by atoms with Crippen molar-refractivity contribution in [2.75, 3.05) is 36.8 Å². The molecule has 380 valence electrons. The summed E-state index contributed by atoms with van der Waals surface area (Å²) in [4.78, 5) is 2.29. The van der Waals surface area contributed by atoms with Gasteiger partial charge in [0.25, 0.3) is 0 Å². The summed E-state index contributed by atoms with van der Waals surface area (Å²) in [5, 5.41) is 21.3. The van der Waals surface area contributed by atoms with Gasteiger partial charge >= 0.3 is 0 Å². The molecule has 0 aliphatic carbocycles. The first-order chi connectivity index (χ1) is 39.0. The minimum atomic E-state index is 0.998. The van der Waals surface area contributed by atoms with Crippen molar-refractivity contribution >= 4 is 85.3 Å². The van der Waals surface area contributed by atoms with Crippen LogP contribution in [0.2, 0.25) is 0 Å². The molecule has 0 aliphatic heterocycles. The summed E-state index contributed by atoms with van der Waals surface area (Å²) in [6.07, 6.45) is 0. The van der Waals surface area contributed by atoms with E-state index < -0.39 is 0 Å². The average molecular weight is 1020 g/mol. The van der Waals surface area contributed by atoms with Crippen molar-refractivity contribution in [2.45, 2.75) is 0 Å². The zero-order valence-corrected chi connectivity index (χ0v) is 43.4. The zero-order chi connectivity index (χ0) is 53.0. The van der Waals surface area contributed by atoms with E-state index in [2.05, 4.69) is 292 Å². The van der Waals surface area contributed by atoms with Crippen molar-refractivity contribution in [1.29, 1.82) is 0 Å². The second-order valence-electron chi connectivity index (χ2n) is 19.3. The lowest BCUT2D eigenvalue weighted by atomic mass is 10.0. The Bertz CT molecular complexity index is 3420. The van der Waals surface area contributed by atoms with Crippen LogP contribution in [-0.4, -0.2) is 0 Å². The molecule has 7 heteroatoms. The summed E-state index contributed by atoms with van der Waals surface area (Å²) < 4.78 is 0. The summed E-state index contributed by atoms with van der Waals surface area (Å²) in [5.74, 6) is 0. The number of rotatable bonds is 18. The van der Waals surface area contributed by atoms with Crippen molar-refractivity contribution in [3.63, 3.8) is 0 Å². The summed E-state index contributed by atoms with van der Waals surface area (Å²) in [6, 6.07) is 108. The number of nitrogens with one attached hydrogen (secondary N) is 6. The quantitative estimate of drug-likeness (QED) is 0.0511. The van der Waals surface area contributed by atoms with Crippen molar-refractivity contribution < 1.29 is 0 Å². The summed E-state index contributed by atoms with van der Waals surface area (Å²) in [7, 11) is 0. The molecule has 0 saturated heterocycles. The van der Waals surface area contributed by atoms with Crippen LogP contribution in [0.5, 0.6) is 0 Å². The Balaban J connectivity index is 0.734. The summed E-state index contributed by atoms with van der Waals surface area (Å²) in [6.45, 7) is 0. The highest BCUT2D eigenvalue weighted by atomic mass is 15.1. The maximum atomic E-state index is 3.62. The largest absolute Gasteiger partial charge is 0.356 e. The Morgan fingerprint density at radius 1 is 0.139 bits per heavy atom. The molecule has 0 aromatic heterocycles. The zero-order valence-electron chi connectivity index (χ0n) is 43.4. The lowest BCUT2D eigenvalue weighted by Crippen LogP contribution is -2.10. The third kappa shape index (κ3) is 12.5. The molecule has 12 aromatic carbocycles. The highest BCUT2D eigenvalue weighted by molar-refractivity contribution is 5.81. The fourth-order valence-corrected chi connectivity index (χ4v) is 9.57. The molecule has 6 N–H and O–H groups in total. The van der Waals surface area contributed by atoms with Gasteiger partial charge in [-0.1, -0.05) is 127 Å². The van der Waals surface area contributed by atoms with Crippen LogP contribution < -0.4 is 36.8 Å².